The summed E-state index contributed by atoms with van der Waals surface area (Å²) in [4.78, 5) is 1.26. The van der Waals surface area contributed by atoms with Crippen molar-refractivity contribution in [3.05, 3.63) is 22.4 Å². The van der Waals surface area contributed by atoms with Crippen molar-refractivity contribution in [1.29, 1.82) is 0 Å². The Labute approximate surface area is 101 Å². The highest BCUT2D eigenvalue weighted by Crippen LogP contribution is 2.10. The number of nitrogens with one attached hydrogen (secondary N) is 2. The SMILES string of the molecule is CCS(=O)(=O)NCC(Cc1cccs1)NC. The van der Waals surface area contributed by atoms with E-state index < -0.39 is 10.0 Å². The first kappa shape index (κ1) is 13.6. The summed E-state index contributed by atoms with van der Waals surface area (Å²) in [6.07, 6.45) is 0.848. The number of thiophene rings is 1. The van der Waals surface area contributed by atoms with Crippen LogP contribution < -0.4 is 10.0 Å². The van der Waals surface area contributed by atoms with Crippen molar-refractivity contribution < 1.29 is 8.42 Å². The molecule has 92 valence electrons. The maximum Gasteiger partial charge on any atom is 0.211 e. The Morgan fingerprint density at radius 2 is 2.25 bits per heavy atom. The number of hydrogen-bond donors (Lipinski definition) is 2. The van der Waals surface area contributed by atoms with Gasteiger partial charge in [0.25, 0.3) is 0 Å². The Morgan fingerprint density at radius 3 is 2.75 bits per heavy atom. The van der Waals surface area contributed by atoms with Gasteiger partial charge in [0.15, 0.2) is 0 Å². The molecule has 0 amide bonds. The molecule has 0 spiro atoms. The first-order valence-electron chi connectivity index (χ1n) is 5.24. The van der Waals surface area contributed by atoms with Crippen molar-refractivity contribution in [3.63, 3.8) is 0 Å². The molecule has 0 radical (unpaired) electrons. The summed E-state index contributed by atoms with van der Waals surface area (Å²) < 4.78 is 25.2. The number of likely N-dealkylation sites (N-methyl/N-ethyl adjacent to an activating group) is 1. The second-order valence-electron chi connectivity index (χ2n) is 3.52. The normalized spacial score (nSPS) is 13.9. The van der Waals surface area contributed by atoms with Crippen LogP contribution in [0.1, 0.15) is 11.8 Å². The third-order valence-electron chi connectivity index (χ3n) is 2.37. The lowest BCUT2D eigenvalue weighted by Gasteiger charge is -2.15. The second-order valence-corrected chi connectivity index (χ2v) is 6.65. The molecule has 1 atom stereocenters. The van der Waals surface area contributed by atoms with E-state index in [4.69, 9.17) is 0 Å². The molecule has 16 heavy (non-hydrogen) atoms. The average molecular weight is 262 g/mol. The van der Waals surface area contributed by atoms with Gasteiger partial charge in [-0.05, 0) is 31.8 Å². The van der Waals surface area contributed by atoms with Crippen LogP contribution >= 0.6 is 11.3 Å². The fourth-order valence-corrected chi connectivity index (χ4v) is 2.72. The first-order valence-corrected chi connectivity index (χ1v) is 7.77. The maximum atomic E-state index is 11.3. The van der Waals surface area contributed by atoms with Crippen molar-refractivity contribution in [2.75, 3.05) is 19.3 Å². The van der Waals surface area contributed by atoms with Crippen molar-refractivity contribution in [2.24, 2.45) is 0 Å². The van der Waals surface area contributed by atoms with Gasteiger partial charge in [0.2, 0.25) is 10.0 Å². The Bertz CT molecular complexity index is 387. The van der Waals surface area contributed by atoms with Crippen molar-refractivity contribution in [3.8, 4) is 0 Å². The Kier molecular flexibility index (Phi) is 5.40. The molecule has 1 rings (SSSR count). The predicted octanol–water partition coefficient (Wildman–Crippen LogP) is 0.818. The quantitative estimate of drug-likeness (QED) is 0.765. The fourth-order valence-electron chi connectivity index (χ4n) is 1.28. The van der Waals surface area contributed by atoms with Crippen LogP contribution in [0.25, 0.3) is 0 Å². The molecule has 2 N–H and O–H groups in total. The summed E-state index contributed by atoms with van der Waals surface area (Å²) in [6.45, 7) is 2.07. The van der Waals surface area contributed by atoms with Gasteiger partial charge in [-0.15, -0.1) is 11.3 Å². The van der Waals surface area contributed by atoms with Gasteiger partial charge in [0.1, 0.15) is 0 Å². The molecule has 4 nitrogen and oxygen atoms in total. The number of sulfonamides is 1. The topological polar surface area (TPSA) is 58.2 Å². The van der Waals surface area contributed by atoms with Crippen LogP contribution in [0.5, 0.6) is 0 Å². The van der Waals surface area contributed by atoms with Gasteiger partial charge in [-0.25, -0.2) is 13.1 Å². The molecule has 0 saturated heterocycles. The maximum absolute atomic E-state index is 11.3. The molecule has 0 bridgehead atoms. The van der Waals surface area contributed by atoms with Crippen molar-refractivity contribution in [1.82, 2.24) is 10.0 Å². The van der Waals surface area contributed by atoms with Crippen molar-refractivity contribution in [2.45, 2.75) is 19.4 Å². The standard InChI is InChI=1S/C10H18N2O2S2/c1-3-16(13,14)12-8-9(11-2)7-10-5-4-6-15-10/h4-6,9,11-12H,3,7-8H2,1-2H3. The zero-order valence-corrected chi connectivity index (χ0v) is 11.2. The van der Waals surface area contributed by atoms with E-state index in [1.54, 1.807) is 18.3 Å². The Morgan fingerprint density at radius 1 is 1.50 bits per heavy atom. The molecular formula is C10H18N2O2S2. The van der Waals surface area contributed by atoms with Gasteiger partial charge >= 0.3 is 0 Å². The van der Waals surface area contributed by atoms with Crippen LogP contribution in [0.15, 0.2) is 17.5 Å². The molecule has 0 aliphatic carbocycles. The lowest BCUT2D eigenvalue weighted by molar-refractivity contribution is 0.532. The summed E-state index contributed by atoms with van der Waals surface area (Å²) in [7, 11) is -1.24. The molecule has 0 fully saturated rings. The summed E-state index contributed by atoms with van der Waals surface area (Å²) in [6, 6.07) is 4.20. The molecule has 0 aromatic carbocycles. The summed E-state index contributed by atoms with van der Waals surface area (Å²) in [5, 5.41) is 5.14. The molecule has 1 aromatic rings. The molecule has 1 heterocycles. The monoisotopic (exact) mass is 262 g/mol. The summed E-state index contributed by atoms with van der Waals surface area (Å²) in [5.41, 5.74) is 0. The molecule has 0 aliphatic heterocycles. The predicted molar refractivity (Wildman–Crippen MR) is 68.3 cm³/mol. The first-order chi connectivity index (χ1) is 7.57. The Hall–Kier alpha value is -0.430. The smallest absolute Gasteiger partial charge is 0.211 e. The van der Waals surface area contributed by atoms with E-state index in [1.165, 1.54) is 4.88 Å². The minimum Gasteiger partial charge on any atom is -0.315 e. The average Bonchev–Trinajstić information content (AvgIpc) is 2.77. The molecular weight excluding hydrogens is 244 g/mol. The van der Waals surface area contributed by atoms with Crippen LogP contribution in [-0.2, 0) is 16.4 Å². The number of rotatable bonds is 7. The summed E-state index contributed by atoms with van der Waals surface area (Å²) >= 11 is 1.69. The Balaban J connectivity index is 2.44. The second kappa shape index (κ2) is 6.34. The van der Waals surface area contributed by atoms with Gasteiger partial charge < -0.3 is 5.32 Å². The van der Waals surface area contributed by atoms with Gasteiger partial charge in [-0.3, -0.25) is 0 Å². The fraction of sp³-hybridized carbons (Fsp3) is 0.600. The molecule has 1 unspecified atom stereocenters. The third-order valence-corrected chi connectivity index (χ3v) is 4.63. The van der Waals surface area contributed by atoms with Gasteiger partial charge in [-0.1, -0.05) is 6.07 Å². The minimum atomic E-state index is -3.09. The highest BCUT2D eigenvalue weighted by Gasteiger charge is 2.12. The van der Waals surface area contributed by atoms with Gasteiger partial charge in [-0.2, -0.15) is 0 Å². The highest BCUT2D eigenvalue weighted by atomic mass is 32.2. The van der Waals surface area contributed by atoms with E-state index >= 15 is 0 Å². The lowest BCUT2D eigenvalue weighted by atomic mass is 10.2. The van der Waals surface area contributed by atoms with Crippen molar-refractivity contribution >= 4 is 21.4 Å². The van der Waals surface area contributed by atoms with Gasteiger partial charge in [0, 0.05) is 17.5 Å². The van der Waals surface area contributed by atoms with Crippen LogP contribution in [0.3, 0.4) is 0 Å². The van der Waals surface area contributed by atoms with Crippen LogP contribution in [0.4, 0.5) is 0 Å². The minimum absolute atomic E-state index is 0.127. The van der Waals surface area contributed by atoms with Crippen LogP contribution in [-0.4, -0.2) is 33.8 Å². The largest absolute Gasteiger partial charge is 0.315 e. The molecule has 1 aromatic heterocycles. The molecule has 0 saturated carbocycles. The van der Waals surface area contributed by atoms with E-state index in [1.807, 2.05) is 18.5 Å². The third kappa shape index (κ3) is 4.61. The molecule has 0 aliphatic rings. The van der Waals surface area contributed by atoms with E-state index in [0.717, 1.165) is 6.42 Å². The van der Waals surface area contributed by atoms with E-state index in [9.17, 15) is 8.42 Å². The molecule has 6 heteroatoms. The zero-order valence-electron chi connectivity index (χ0n) is 9.56. The highest BCUT2D eigenvalue weighted by molar-refractivity contribution is 7.89. The van der Waals surface area contributed by atoms with E-state index in [2.05, 4.69) is 16.1 Å². The van der Waals surface area contributed by atoms with E-state index in [0.29, 0.717) is 6.54 Å². The van der Waals surface area contributed by atoms with E-state index in [-0.39, 0.29) is 11.8 Å². The van der Waals surface area contributed by atoms with Gasteiger partial charge in [0.05, 0.1) is 5.75 Å². The lowest BCUT2D eigenvalue weighted by Crippen LogP contribution is -2.40. The zero-order chi connectivity index (χ0) is 12.0. The summed E-state index contributed by atoms with van der Waals surface area (Å²) in [5.74, 6) is 0.127. The van der Waals surface area contributed by atoms with Crippen LogP contribution in [0.2, 0.25) is 0 Å². The number of hydrogen-bond acceptors (Lipinski definition) is 4. The van der Waals surface area contributed by atoms with Crippen LogP contribution in [0, 0.1) is 0 Å².